The highest BCUT2D eigenvalue weighted by Gasteiger charge is 2.30. The van der Waals surface area contributed by atoms with Crippen LogP contribution in [0, 0.1) is 0 Å². The van der Waals surface area contributed by atoms with Crippen LogP contribution in [0.15, 0.2) is 42.7 Å². The van der Waals surface area contributed by atoms with E-state index in [2.05, 4.69) is 4.98 Å². The lowest BCUT2D eigenvalue weighted by molar-refractivity contribution is -0.137. The Morgan fingerprint density at radius 2 is 1.79 bits per heavy atom. The van der Waals surface area contributed by atoms with E-state index in [0.29, 0.717) is 0 Å². The van der Waals surface area contributed by atoms with Crippen LogP contribution in [0.2, 0.25) is 0 Å². The van der Waals surface area contributed by atoms with E-state index >= 15 is 0 Å². The molecule has 2 rings (SSSR count). The van der Waals surface area contributed by atoms with Crippen LogP contribution in [0.25, 0.3) is 0 Å². The minimum absolute atomic E-state index is 0.0381. The fraction of sp³-hybridized carbons (Fsp3) is 0.154. The van der Waals surface area contributed by atoms with Crippen molar-refractivity contribution in [2.45, 2.75) is 12.8 Å². The molecule has 0 bridgehead atoms. The van der Waals surface area contributed by atoms with Gasteiger partial charge in [0, 0.05) is 12.4 Å². The number of nitrogens with two attached hydrogens (primary N) is 1. The molecule has 0 unspecified atom stereocenters. The van der Waals surface area contributed by atoms with Crippen molar-refractivity contribution in [1.82, 2.24) is 4.98 Å². The molecule has 0 amide bonds. The van der Waals surface area contributed by atoms with Crippen molar-refractivity contribution >= 4 is 5.69 Å². The number of halogens is 3. The summed E-state index contributed by atoms with van der Waals surface area (Å²) in [6.07, 6.45) is -1.19. The summed E-state index contributed by atoms with van der Waals surface area (Å²) >= 11 is 0. The van der Waals surface area contributed by atoms with Crippen molar-refractivity contribution in [2.24, 2.45) is 0 Å². The Balaban J connectivity index is 2.10. The van der Waals surface area contributed by atoms with Gasteiger partial charge in [-0.15, -0.1) is 0 Å². The van der Waals surface area contributed by atoms with Crippen LogP contribution in [-0.2, 0) is 12.8 Å². The fourth-order valence-corrected chi connectivity index (χ4v) is 1.50. The van der Waals surface area contributed by atoms with E-state index in [4.69, 9.17) is 10.5 Å². The van der Waals surface area contributed by atoms with E-state index in [1.54, 1.807) is 24.5 Å². The number of alkyl halides is 3. The molecule has 1 heterocycles. The van der Waals surface area contributed by atoms with Gasteiger partial charge in [-0.3, -0.25) is 4.98 Å². The lowest BCUT2D eigenvalue weighted by atomic mass is 10.2. The maximum Gasteiger partial charge on any atom is 0.416 e. The lowest BCUT2D eigenvalue weighted by Crippen LogP contribution is -2.06. The number of nitrogens with zero attached hydrogens (tertiary/aromatic N) is 1. The molecule has 0 saturated carbocycles. The van der Waals surface area contributed by atoms with Gasteiger partial charge in [-0.05, 0) is 35.9 Å². The second-order valence-electron chi connectivity index (χ2n) is 3.89. The Labute approximate surface area is 107 Å². The van der Waals surface area contributed by atoms with E-state index in [1.807, 2.05) is 0 Å². The van der Waals surface area contributed by atoms with E-state index in [1.165, 1.54) is 6.07 Å². The Kier molecular flexibility index (Phi) is 3.59. The van der Waals surface area contributed by atoms with Gasteiger partial charge in [-0.2, -0.15) is 13.2 Å². The normalized spacial score (nSPS) is 11.3. The summed E-state index contributed by atoms with van der Waals surface area (Å²) in [5.74, 6) is 0.227. The molecule has 0 spiro atoms. The molecule has 0 aliphatic carbocycles. The summed E-state index contributed by atoms with van der Waals surface area (Å²) in [4.78, 5) is 3.85. The third-order valence-corrected chi connectivity index (χ3v) is 2.48. The maximum absolute atomic E-state index is 12.4. The zero-order valence-corrected chi connectivity index (χ0v) is 9.82. The molecule has 1 aromatic heterocycles. The number of anilines is 1. The Bertz CT molecular complexity index is 556. The first-order valence-electron chi connectivity index (χ1n) is 5.45. The second kappa shape index (κ2) is 5.17. The highest BCUT2D eigenvalue weighted by molar-refractivity contribution is 5.54. The van der Waals surface area contributed by atoms with E-state index in [0.717, 1.165) is 17.7 Å². The van der Waals surface area contributed by atoms with Crippen molar-refractivity contribution in [3.8, 4) is 5.75 Å². The molecule has 0 aliphatic rings. The summed E-state index contributed by atoms with van der Waals surface area (Å²) in [6, 6.07) is 6.53. The molecule has 0 atom stereocenters. The number of aromatic nitrogens is 1. The predicted octanol–water partition coefficient (Wildman–Crippen LogP) is 3.26. The zero-order valence-electron chi connectivity index (χ0n) is 9.82. The standard InChI is InChI=1S/C13H11F3N2O/c14-13(15,16)10-1-2-12(11(17)7-10)19-8-9-3-5-18-6-4-9/h1-7H,8,17H2. The molecule has 2 aromatic rings. The topological polar surface area (TPSA) is 48.1 Å². The van der Waals surface area contributed by atoms with Gasteiger partial charge in [-0.1, -0.05) is 0 Å². The summed E-state index contributed by atoms with van der Waals surface area (Å²) in [7, 11) is 0. The SMILES string of the molecule is Nc1cc(C(F)(F)F)ccc1OCc1ccncc1. The van der Waals surface area contributed by atoms with Crippen LogP contribution < -0.4 is 10.5 Å². The average Bonchev–Trinajstić information content (AvgIpc) is 2.37. The van der Waals surface area contributed by atoms with Gasteiger partial charge in [0.2, 0.25) is 0 Å². The quantitative estimate of drug-likeness (QED) is 0.869. The summed E-state index contributed by atoms with van der Waals surface area (Å²) in [5, 5.41) is 0. The van der Waals surface area contributed by atoms with Gasteiger partial charge in [0.1, 0.15) is 12.4 Å². The number of nitrogen functional groups attached to an aromatic ring is 1. The van der Waals surface area contributed by atoms with Crippen LogP contribution in [0.3, 0.4) is 0 Å². The summed E-state index contributed by atoms with van der Waals surface area (Å²) in [6.45, 7) is 0.220. The van der Waals surface area contributed by atoms with Crippen molar-refractivity contribution < 1.29 is 17.9 Å². The van der Waals surface area contributed by atoms with Gasteiger partial charge in [0.15, 0.2) is 0 Å². The van der Waals surface area contributed by atoms with E-state index in [-0.39, 0.29) is 18.0 Å². The van der Waals surface area contributed by atoms with Crippen LogP contribution >= 0.6 is 0 Å². The lowest BCUT2D eigenvalue weighted by Gasteiger charge is -2.12. The van der Waals surface area contributed by atoms with Crippen LogP contribution in [-0.4, -0.2) is 4.98 Å². The largest absolute Gasteiger partial charge is 0.487 e. The number of benzene rings is 1. The average molecular weight is 268 g/mol. The molecular formula is C13H11F3N2O. The van der Waals surface area contributed by atoms with E-state index < -0.39 is 11.7 Å². The number of hydrogen-bond acceptors (Lipinski definition) is 3. The highest BCUT2D eigenvalue weighted by Crippen LogP contribution is 2.33. The van der Waals surface area contributed by atoms with Crippen LogP contribution in [0.5, 0.6) is 5.75 Å². The summed E-state index contributed by atoms with van der Waals surface area (Å²) in [5.41, 5.74) is 5.57. The van der Waals surface area contributed by atoms with Gasteiger partial charge in [0.25, 0.3) is 0 Å². The molecule has 2 N–H and O–H groups in total. The monoisotopic (exact) mass is 268 g/mol. The Morgan fingerprint density at radius 1 is 1.11 bits per heavy atom. The molecule has 0 aliphatic heterocycles. The smallest absolute Gasteiger partial charge is 0.416 e. The highest BCUT2D eigenvalue weighted by atomic mass is 19.4. The fourth-order valence-electron chi connectivity index (χ4n) is 1.50. The second-order valence-corrected chi connectivity index (χ2v) is 3.89. The van der Waals surface area contributed by atoms with Crippen molar-refractivity contribution in [1.29, 1.82) is 0 Å². The van der Waals surface area contributed by atoms with Crippen LogP contribution in [0.4, 0.5) is 18.9 Å². The van der Waals surface area contributed by atoms with Crippen LogP contribution in [0.1, 0.15) is 11.1 Å². The first-order chi connectivity index (χ1) is 8.97. The molecule has 0 radical (unpaired) electrons. The number of hydrogen-bond donors (Lipinski definition) is 1. The molecule has 19 heavy (non-hydrogen) atoms. The van der Waals surface area contributed by atoms with Crippen molar-refractivity contribution in [3.63, 3.8) is 0 Å². The molecule has 0 fully saturated rings. The van der Waals surface area contributed by atoms with Gasteiger partial charge < -0.3 is 10.5 Å². The molecule has 0 saturated heterocycles. The molecule has 1 aromatic carbocycles. The van der Waals surface area contributed by atoms with Gasteiger partial charge in [-0.25, -0.2) is 0 Å². The first kappa shape index (κ1) is 13.2. The van der Waals surface area contributed by atoms with Gasteiger partial charge in [0.05, 0.1) is 11.3 Å². The molecule has 3 nitrogen and oxygen atoms in total. The first-order valence-corrected chi connectivity index (χ1v) is 5.45. The Morgan fingerprint density at radius 3 is 2.37 bits per heavy atom. The minimum Gasteiger partial charge on any atom is -0.487 e. The summed E-state index contributed by atoms with van der Waals surface area (Å²) < 4.78 is 42.7. The predicted molar refractivity (Wildman–Crippen MR) is 64.4 cm³/mol. The number of pyridine rings is 1. The van der Waals surface area contributed by atoms with Gasteiger partial charge >= 0.3 is 6.18 Å². The third-order valence-electron chi connectivity index (χ3n) is 2.48. The zero-order chi connectivity index (χ0) is 13.9. The number of rotatable bonds is 3. The molecule has 6 heteroatoms. The van der Waals surface area contributed by atoms with Crippen molar-refractivity contribution in [3.05, 3.63) is 53.9 Å². The van der Waals surface area contributed by atoms with E-state index in [9.17, 15) is 13.2 Å². The third kappa shape index (κ3) is 3.37. The molecule has 100 valence electrons. The molecular weight excluding hydrogens is 257 g/mol. The number of ether oxygens (including phenoxy) is 1. The Hall–Kier alpha value is -2.24. The maximum atomic E-state index is 12.4. The van der Waals surface area contributed by atoms with Crippen molar-refractivity contribution in [2.75, 3.05) is 5.73 Å². The minimum atomic E-state index is -4.41.